The van der Waals surface area contributed by atoms with Crippen molar-refractivity contribution in [3.05, 3.63) is 82.0 Å². The van der Waals surface area contributed by atoms with Crippen LogP contribution in [0.5, 0.6) is 0 Å². The Bertz CT molecular complexity index is 913. The van der Waals surface area contributed by atoms with Crippen LogP contribution in [0.2, 0.25) is 0 Å². The SMILES string of the molecule is CCCCCCCCC\C(=C/C(C)=C/C=C/C(C)=C/C=C/C=C(/C)C(=O)O)C1=C(C)CCCC1(C)C. The minimum Gasteiger partial charge on any atom is -0.478 e. The maximum Gasteiger partial charge on any atom is 0.331 e. The Morgan fingerprint density at radius 1 is 0.889 bits per heavy atom. The molecule has 0 fully saturated rings. The van der Waals surface area contributed by atoms with Gasteiger partial charge in [-0.15, -0.1) is 0 Å². The number of unbranched alkanes of at least 4 members (excludes halogenated alkanes) is 6. The van der Waals surface area contributed by atoms with Crippen LogP contribution in [0.25, 0.3) is 0 Å². The van der Waals surface area contributed by atoms with E-state index in [2.05, 4.69) is 65.8 Å². The highest BCUT2D eigenvalue weighted by Gasteiger charge is 2.30. The first-order valence-electron chi connectivity index (χ1n) is 14.1. The molecule has 0 saturated heterocycles. The smallest absolute Gasteiger partial charge is 0.331 e. The van der Waals surface area contributed by atoms with Gasteiger partial charge in [0.1, 0.15) is 0 Å². The summed E-state index contributed by atoms with van der Waals surface area (Å²) < 4.78 is 0. The van der Waals surface area contributed by atoms with Crippen LogP contribution in [0, 0.1) is 5.41 Å². The van der Waals surface area contributed by atoms with E-state index in [1.807, 2.05) is 12.2 Å². The summed E-state index contributed by atoms with van der Waals surface area (Å²) in [7, 11) is 0. The number of carbonyl (C=O) groups is 1. The average Bonchev–Trinajstić information content (AvgIpc) is 2.80. The van der Waals surface area contributed by atoms with Crippen LogP contribution in [0.15, 0.2) is 82.0 Å². The van der Waals surface area contributed by atoms with Gasteiger partial charge in [0.2, 0.25) is 0 Å². The van der Waals surface area contributed by atoms with E-state index >= 15 is 0 Å². The molecule has 2 heteroatoms. The Morgan fingerprint density at radius 3 is 2.14 bits per heavy atom. The first-order chi connectivity index (χ1) is 17.1. The van der Waals surface area contributed by atoms with Gasteiger partial charge < -0.3 is 5.11 Å². The van der Waals surface area contributed by atoms with E-state index in [0.29, 0.717) is 5.57 Å². The van der Waals surface area contributed by atoms with Gasteiger partial charge in [-0.3, -0.25) is 0 Å². The molecule has 0 spiro atoms. The maximum atomic E-state index is 10.8. The molecule has 0 heterocycles. The second-order valence-corrected chi connectivity index (χ2v) is 11.2. The van der Waals surface area contributed by atoms with E-state index in [9.17, 15) is 4.79 Å². The normalized spacial score (nSPS) is 18.1. The molecule has 0 amide bonds. The van der Waals surface area contributed by atoms with Crippen LogP contribution in [0.3, 0.4) is 0 Å². The molecule has 200 valence electrons. The van der Waals surface area contributed by atoms with E-state index in [1.54, 1.807) is 35.8 Å². The monoisotopic (exact) mass is 492 g/mol. The molecule has 1 aliphatic rings. The van der Waals surface area contributed by atoms with E-state index in [0.717, 1.165) is 5.57 Å². The molecule has 36 heavy (non-hydrogen) atoms. The van der Waals surface area contributed by atoms with Crippen LogP contribution in [0.1, 0.15) is 119 Å². The Morgan fingerprint density at radius 2 is 1.50 bits per heavy atom. The Labute approximate surface area is 222 Å². The fourth-order valence-electron chi connectivity index (χ4n) is 5.08. The maximum absolute atomic E-state index is 10.8. The highest BCUT2D eigenvalue weighted by molar-refractivity contribution is 5.86. The van der Waals surface area contributed by atoms with Crippen molar-refractivity contribution in [1.82, 2.24) is 0 Å². The first-order valence-corrected chi connectivity index (χ1v) is 14.1. The molecule has 0 aromatic carbocycles. The van der Waals surface area contributed by atoms with Gasteiger partial charge in [0.05, 0.1) is 0 Å². The molecule has 0 radical (unpaired) electrons. The molecule has 0 aromatic rings. The van der Waals surface area contributed by atoms with Crippen molar-refractivity contribution in [1.29, 1.82) is 0 Å². The molecular formula is C34H52O2. The van der Waals surface area contributed by atoms with Crippen LogP contribution < -0.4 is 0 Å². The number of hydrogen-bond donors (Lipinski definition) is 1. The zero-order chi connectivity index (χ0) is 27.0. The highest BCUT2D eigenvalue weighted by atomic mass is 16.4. The number of allylic oxidation sites excluding steroid dienone is 13. The van der Waals surface area contributed by atoms with Gasteiger partial charge in [-0.1, -0.05) is 125 Å². The van der Waals surface area contributed by atoms with Gasteiger partial charge in [-0.2, -0.15) is 0 Å². The number of carboxylic acids is 1. The van der Waals surface area contributed by atoms with Gasteiger partial charge >= 0.3 is 5.97 Å². The molecule has 0 bridgehead atoms. The molecule has 0 unspecified atom stereocenters. The summed E-state index contributed by atoms with van der Waals surface area (Å²) in [5.74, 6) is -0.886. The molecule has 1 N–H and O–H groups in total. The Balaban J connectivity index is 2.95. The lowest BCUT2D eigenvalue weighted by Gasteiger charge is -2.36. The van der Waals surface area contributed by atoms with Crippen LogP contribution in [-0.4, -0.2) is 11.1 Å². The molecule has 1 rings (SSSR count). The largest absolute Gasteiger partial charge is 0.478 e. The van der Waals surface area contributed by atoms with Crippen molar-refractivity contribution >= 4 is 5.97 Å². The second kappa shape index (κ2) is 17.2. The summed E-state index contributed by atoms with van der Waals surface area (Å²) in [6.45, 7) is 15.3. The first kappa shape index (κ1) is 31.7. The number of rotatable bonds is 15. The second-order valence-electron chi connectivity index (χ2n) is 11.2. The van der Waals surface area contributed by atoms with E-state index in [4.69, 9.17) is 5.11 Å². The molecular weight excluding hydrogens is 440 g/mol. The van der Waals surface area contributed by atoms with Gasteiger partial charge in [-0.05, 0) is 76.4 Å². The molecule has 0 atom stereocenters. The van der Waals surface area contributed by atoms with Crippen molar-refractivity contribution in [3.8, 4) is 0 Å². The molecule has 0 aromatic heterocycles. The minimum absolute atomic E-state index is 0.254. The standard InChI is InChI=1S/C34H52O2/c1-8-9-10-11-12-13-14-24-31(32-29(4)23-18-25-34(32,6)7)26-28(3)21-17-20-27(2)19-15-16-22-30(5)33(35)36/h15-17,19-22,26H,8-14,18,23-25H2,1-7H3,(H,35,36)/b16-15+,20-17+,27-19+,28-21+,30-22-,31-26+. The third-order valence-corrected chi connectivity index (χ3v) is 7.10. The van der Waals surface area contributed by atoms with Crippen molar-refractivity contribution in [2.24, 2.45) is 5.41 Å². The third kappa shape index (κ3) is 12.6. The topological polar surface area (TPSA) is 37.3 Å². The van der Waals surface area contributed by atoms with Crippen molar-refractivity contribution in [3.63, 3.8) is 0 Å². The third-order valence-electron chi connectivity index (χ3n) is 7.10. The fourth-order valence-corrected chi connectivity index (χ4v) is 5.08. The quantitative estimate of drug-likeness (QED) is 0.140. The summed E-state index contributed by atoms with van der Waals surface area (Å²) in [5, 5.41) is 8.90. The van der Waals surface area contributed by atoms with E-state index in [-0.39, 0.29) is 5.41 Å². The molecule has 0 saturated carbocycles. The van der Waals surface area contributed by atoms with Gasteiger partial charge in [-0.25, -0.2) is 4.79 Å². The predicted molar refractivity (Wildman–Crippen MR) is 158 cm³/mol. The summed E-state index contributed by atoms with van der Waals surface area (Å²) in [4.78, 5) is 10.8. The van der Waals surface area contributed by atoms with Crippen LogP contribution in [0.4, 0.5) is 0 Å². The lowest BCUT2D eigenvalue weighted by molar-refractivity contribution is -0.132. The Kier molecular flexibility index (Phi) is 15.1. The van der Waals surface area contributed by atoms with Crippen molar-refractivity contribution < 1.29 is 9.90 Å². The van der Waals surface area contributed by atoms with Gasteiger partial charge in [0, 0.05) is 5.57 Å². The summed E-state index contributed by atoms with van der Waals surface area (Å²) in [6.07, 6.45) is 30.5. The fraction of sp³-hybridized carbons (Fsp3) is 0.559. The van der Waals surface area contributed by atoms with Crippen molar-refractivity contribution in [2.75, 3.05) is 0 Å². The number of aliphatic carboxylic acids is 1. The van der Waals surface area contributed by atoms with Crippen molar-refractivity contribution in [2.45, 2.75) is 119 Å². The number of hydrogen-bond acceptors (Lipinski definition) is 1. The zero-order valence-corrected chi connectivity index (χ0v) is 24.3. The van der Waals surface area contributed by atoms with E-state index in [1.165, 1.54) is 76.2 Å². The van der Waals surface area contributed by atoms with E-state index < -0.39 is 5.97 Å². The van der Waals surface area contributed by atoms with Crippen LogP contribution >= 0.6 is 0 Å². The molecule has 1 aliphatic carbocycles. The predicted octanol–water partition coefficient (Wildman–Crippen LogP) is 10.6. The van der Waals surface area contributed by atoms with Gasteiger partial charge in [0.15, 0.2) is 0 Å². The number of carboxylic acid groups (broad SMARTS) is 1. The summed E-state index contributed by atoms with van der Waals surface area (Å²) >= 11 is 0. The summed E-state index contributed by atoms with van der Waals surface area (Å²) in [6, 6.07) is 0. The molecule has 2 nitrogen and oxygen atoms in total. The Hall–Kier alpha value is -2.35. The van der Waals surface area contributed by atoms with Crippen LogP contribution in [-0.2, 0) is 4.79 Å². The average molecular weight is 493 g/mol. The lowest BCUT2D eigenvalue weighted by atomic mass is 9.69. The summed E-state index contributed by atoms with van der Waals surface area (Å²) in [5.41, 5.74) is 7.74. The minimum atomic E-state index is -0.886. The zero-order valence-electron chi connectivity index (χ0n) is 24.3. The highest BCUT2D eigenvalue weighted by Crippen LogP contribution is 2.45. The molecule has 0 aliphatic heterocycles. The lowest BCUT2D eigenvalue weighted by Crippen LogP contribution is -2.22. The van der Waals surface area contributed by atoms with Gasteiger partial charge in [0.25, 0.3) is 0 Å².